The quantitative estimate of drug-likeness (QED) is 0.235. The molecule has 0 spiro atoms. The second kappa shape index (κ2) is 10.3. The van der Waals surface area contributed by atoms with E-state index in [1.807, 2.05) is 79.7 Å². The number of aryl methyl sites for hydroxylation is 1. The highest BCUT2D eigenvalue weighted by molar-refractivity contribution is 6.13. The van der Waals surface area contributed by atoms with Crippen LogP contribution in [0.5, 0.6) is 0 Å². The van der Waals surface area contributed by atoms with Gasteiger partial charge in [-0.1, -0.05) is 90.5 Å². The van der Waals surface area contributed by atoms with Crippen LogP contribution in [0.25, 0.3) is 0 Å². The Morgan fingerprint density at radius 1 is 0.935 bits per heavy atom. The molecule has 3 aromatic carbocycles. The Kier molecular flexibility index (Phi) is 7.27. The monoisotopic (exact) mass is 416 g/mol. The first-order valence-electron chi connectivity index (χ1n) is 9.94. The minimum absolute atomic E-state index is 0.416. The van der Waals surface area contributed by atoms with E-state index in [1.54, 1.807) is 12.1 Å². The predicted molar refractivity (Wildman–Crippen MR) is 120 cm³/mol. The van der Waals surface area contributed by atoms with Gasteiger partial charge in [-0.05, 0) is 12.5 Å². The summed E-state index contributed by atoms with van der Waals surface area (Å²) in [7, 11) is 1.27. The zero-order valence-corrected chi connectivity index (χ0v) is 17.5. The molecule has 0 saturated carbocycles. The molecule has 0 aliphatic carbocycles. The fourth-order valence-electron chi connectivity index (χ4n) is 3.44. The molecular weight excluding hydrogens is 392 g/mol. The van der Waals surface area contributed by atoms with Crippen LogP contribution in [0.3, 0.4) is 0 Å². The molecule has 0 unspecified atom stereocenters. The van der Waals surface area contributed by atoms with Crippen molar-refractivity contribution in [3.63, 3.8) is 0 Å². The van der Waals surface area contributed by atoms with E-state index in [0.717, 1.165) is 16.7 Å². The number of nitro groups is 1. The summed E-state index contributed by atoms with van der Waals surface area (Å²) < 4.78 is 5.02. The number of rotatable bonds is 8. The van der Waals surface area contributed by atoms with Crippen molar-refractivity contribution in [3.8, 4) is 0 Å². The van der Waals surface area contributed by atoms with Crippen molar-refractivity contribution in [1.29, 1.82) is 0 Å². The van der Waals surface area contributed by atoms with Crippen molar-refractivity contribution in [3.05, 3.63) is 117 Å². The van der Waals surface area contributed by atoms with E-state index in [9.17, 15) is 14.9 Å². The third-order valence-corrected chi connectivity index (χ3v) is 5.04. The average Bonchev–Trinajstić information content (AvgIpc) is 2.80. The number of ether oxygens (including phenoxy) is 1. The van der Waals surface area contributed by atoms with E-state index in [0.29, 0.717) is 11.3 Å². The number of aliphatic imine (C=N–C) groups is 1. The van der Waals surface area contributed by atoms with Gasteiger partial charge in [0.15, 0.2) is 6.04 Å². The van der Waals surface area contributed by atoms with Crippen LogP contribution in [-0.2, 0) is 9.53 Å². The van der Waals surface area contributed by atoms with Crippen LogP contribution in [0.1, 0.15) is 28.2 Å². The molecule has 6 heteroatoms. The zero-order chi connectivity index (χ0) is 22.2. The molecule has 158 valence electrons. The molecule has 3 aromatic rings. The Hall–Kier alpha value is -3.80. The van der Waals surface area contributed by atoms with Crippen LogP contribution in [0.2, 0.25) is 0 Å². The average molecular weight is 416 g/mol. The molecule has 31 heavy (non-hydrogen) atoms. The fraction of sp³-hybridized carbons (Fsp3) is 0.200. The summed E-state index contributed by atoms with van der Waals surface area (Å²) >= 11 is 0. The molecule has 0 bridgehead atoms. The third-order valence-electron chi connectivity index (χ3n) is 5.04. The van der Waals surface area contributed by atoms with Gasteiger partial charge >= 0.3 is 5.97 Å². The van der Waals surface area contributed by atoms with Gasteiger partial charge in [-0.15, -0.1) is 0 Å². The molecule has 0 aromatic heterocycles. The van der Waals surface area contributed by atoms with Crippen LogP contribution in [-0.4, -0.2) is 36.3 Å². The van der Waals surface area contributed by atoms with E-state index < -0.39 is 29.4 Å². The third kappa shape index (κ3) is 5.63. The number of hydrogen-bond donors (Lipinski definition) is 0. The van der Waals surface area contributed by atoms with Crippen LogP contribution in [0, 0.1) is 17.0 Å². The minimum atomic E-state index is -1.08. The number of nitrogens with zero attached hydrogens (tertiary/aromatic N) is 2. The summed E-state index contributed by atoms with van der Waals surface area (Å²) in [6.45, 7) is 1.49. The van der Waals surface area contributed by atoms with Gasteiger partial charge in [0.1, 0.15) is 0 Å². The van der Waals surface area contributed by atoms with Crippen molar-refractivity contribution in [2.75, 3.05) is 13.7 Å². The van der Waals surface area contributed by atoms with Crippen molar-refractivity contribution < 1.29 is 14.5 Å². The summed E-state index contributed by atoms with van der Waals surface area (Å²) in [6.07, 6.45) is 0. The SMILES string of the molecule is COC(=O)[C@@H](N=C(c1ccccc1)c1ccccc1)[C@H](C[N+](=O)[O-])c1ccc(C)cc1. The normalized spacial score (nSPS) is 12.5. The summed E-state index contributed by atoms with van der Waals surface area (Å²) in [5, 5.41) is 11.5. The molecule has 2 atom stereocenters. The Labute approximate surface area is 181 Å². The van der Waals surface area contributed by atoms with Gasteiger partial charge in [0.25, 0.3) is 0 Å². The minimum Gasteiger partial charge on any atom is -0.467 e. The molecule has 0 amide bonds. The number of hydrogen-bond acceptors (Lipinski definition) is 5. The second-order valence-corrected chi connectivity index (χ2v) is 7.21. The van der Waals surface area contributed by atoms with Crippen molar-refractivity contribution in [2.45, 2.75) is 18.9 Å². The lowest BCUT2D eigenvalue weighted by Gasteiger charge is -2.21. The Morgan fingerprint density at radius 2 is 1.45 bits per heavy atom. The maximum absolute atomic E-state index is 12.8. The highest BCUT2D eigenvalue weighted by Crippen LogP contribution is 2.26. The van der Waals surface area contributed by atoms with Crippen LogP contribution >= 0.6 is 0 Å². The van der Waals surface area contributed by atoms with Crippen LogP contribution in [0.15, 0.2) is 89.9 Å². The lowest BCUT2D eigenvalue weighted by atomic mass is 9.90. The van der Waals surface area contributed by atoms with E-state index in [-0.39, 0.29) is 0 Å². The lowest BCUT2D eigenvalue weighted by Crippen LogP contribution is -2.33. The maximum atomic E-state index is 12.8. The second-order valence-electron chi connectivity index (χ2n) is 7.21. The lowest BCUT2D eigenvalue weighted by molar-refractivity contribution is -0.483. The summed E-state index contributed by atoms with van der Waals surface area (Å²) in [6, 6.07) is 25.2. The number of esters is 1. The van der Waals surface area contributed by atoms with Crippen molar-refractivity contribution in [1.82, 2.24) is 0 Å². The molecule has 0 N–H and O–H groups in total. The van der Waals surface area contributed by atoms with E-state index in [1.165, 1.54) is 7.11 Å². The van der Waals surface area contributed by atoms with Crippen LogP contribution in [0.4, 0.5) is 0 Å². The van der Waals surface area contributed by atoms with E-state index >= 15 is 0 Å². The Balaban J connectivity index is 2.17. The fourth-order valence-corrected chi connectivity index (χ4v) is 3.44. The highest BCUT2D eigenvalue weighted by atomic mass is 16.6. The predicted octanol–water partition coefficient (Wildman–Crippen LogP) is 4.43. The summed E-state index contributed by atoms with van der Waals surface area (Å²) in [5.41, 5.74) is 3.90. The Morgan fingerprint density at radius 3 is 1.90 bits per heavy atom. The first-order chi connectivity index (χ1) is 15.0. The number of carbonyl (C=O) groups is 1. The standard InChI is InChI=1S/C25H24N2O4/c1-18-13-15-19(16-14-18)22(17-27(29)30)24(25(28)31-2)26-23(20-9-5-3-6-10-20)21-11-7-4-8-12-21/h3-16,22,24H,17H2,1-2H3/t22-,24+/m1/s1. The maximum Gasteiger partial charge on any atom is 0.331 e. The smallest absolute Gasteiger partial charge is 0.331 e. The van der Waals surface area contributed by atoms with Gasteiger partial charge in [0.05, 0.1) is 18.7 Å². The van der Waals surface area contributed by atoms with Gasteiger partial charge in [-0.25, -0.2) is 4.79 Å². The largest absolute Gasteiger partial charge is 0.467 e. The summed E-state index contributed by atoms with van der Waals surface area (Å²) in [4.78, 5) is 28.7. The molecule has 6 nitrogen and oxygen atoms in total. The molecular formula is C25H24N2O4. The van der Waals surface area contributed by atoms with Crippen LogP contribution < -0.4 is 0 Å². The summed E-state index contributed by atoms with van der Waals surface area (Å²) in [5.74, 6) is -1.39. The van der Waals surface area contributed by atoms with Crippen molar-refractivity contribution in [2.24, 2.45) is 4.99 Å². The van der Waals surface area contributed by atoms with Gasteiger partial charge in [-0.2, -0.15) is 0 Å². The molecule has 0 radical (unpaired) electrons. The van der Waals surface area contributed by atoms with Gasteiger partial charge in [0, 0.05) is 16.1 Å². The Bertz CT molecular complexity index is 1010. The topological polar surface area (TPSA) is 81.8 Å². The molecule has 0 fully saturated rings. The zero-order valence-electron chi connectivity index (χ0n) is 17.5. The van der Waals surface area contributed by atoms with Gasteiger partial charge in [0.2, 0.25) is 6.54 Å². The molecule has 0 aliphatic heterocycles. The van der Waals surface area contributed by atoms with E-state index in [2.05, 4.69) is 0 Å². The number of carbonyl (C=O) groups excluding carboxylic acids is 1. The first kappa shape index (κ1) is 21.9. The molecule has 0 heterocycles. The molecule has 0 saturated heterocycles. The van der Waals surface area contributed by atoms with Crippen molar-refractivity contribution >= 4 is 11.7 Å². The first-order valence-corrected chi connectivity index (χ1v) is 9.94. The van der Waals surface area contributed by atoms with Gasteiger partial charge in [-0.3, -0.25) is 15.1 Å². The number of methoxy groups -OCH3 is 1. The van der Waals surface area contributed by atoms with Gasteiger partial charge < -0.3 is 4.74 Å². The molecule has 3 rings (SSSR count). The number of benzene rings is 3. The molecule has 0 aliphatic rings. The highest BCUT2D eigenvalue weighted by Gasteiger charge is 2.35. The van der Waals surface area contributed by atoms with E-state index in [4.69, 9.17) is 9.73 Å².